The molecule has 13 heavy (non-hydrogen) atoms. The van der Waals surface area contributed by atoms with Gasteiger partial charge in [0, 0.05) is 4.90 Å². The van der Waals surface area contributed by atoms with Crippen molar-refractivity contribution >= 4 is 31.3 Å². The summed E-state index contributed by atoms with van der Waals surface area (Å²) in [5.74, 6) is 0.751. The third kappa shape index (κ3) is 2.23. The van der Waals surface area contributed by atoms with E-state index < -0.39 is 0 Å². The molecule has 0 atom stereocenters. The Hall–Kier alpha value is -0.540. The van der Waals surface area contributed by atoms with Crippen LogP contribution < -0.4 is 4.74 Å². The minimum atomic E-state index is 0.751. The maximum Gasteiger partial charge on any atom is 0.133 e. The number of methoxy groups -OCH3 is 1. The zero-order chi connectivity index (χ0) is 9.84. The summed E-state index contributed by atoms with van der Waals surface area (Å²) in [5.41, 5.74) is 1.05. The predicted molar refractivity (Wildman–Crippen MR) is 62.2 cm³/mol. The van der Waals surface area contributed by atoms with Crippen molar-refractivity contribution in [2.45, 2.75) is 16.7 Å². The van der Waals surface area contributed by atoms with Gasteiger partial charge in [0.25, 0.3) is 0 Å². The molecule has 1 nitrogen and oxygen atoms in total. The molecule has 0 saturated carbocycles. The molecular weight excluding hydrogens is 200 g/mol. The summed E-state index contributed by atoms with van der Waals surface area (Å²) < 4.78 is 5.11. The Morgan fingerprint density at radius 2 is 1.92 bits per heavy atom. The summed E-state index contributed by atoms with van der Waals surface area (Å²) >= 11 is 8.68. The molecule has 0 unspecified atom stereocenters. The zero-order valence-corrected chi connectivity index (χ0v) is 9.40. The summed E-state index contributed by atoms with van der Waals surface area (Å²) in [6.45, 7) is 1.97. The molecule has 0 aliphatic carbocycles. The average Bonchev–Trinajstić information content (AvgIpc) is 2.14. The van der Waals surface area contributed by atoms with E-state index >= 15 is 0 Å². The molecule has 1 aromatic rings. The zero-order valence-electron chi connectivity index (χ0n) is 7.61. The molecule has 0 heterocycles. The van der Waals surface area contributed by atoms with Gasteiger partial charge in [-0.1, -0.05) is 18.2 Å². The molecule has 0 aliphatic heterocycles. The third-order valence-electron chi connectivity index (χ3n) is 1.71. The van der Waals surface area contributed by atoms with Gasteiger partial charge in [0.05, 0.1) is 12.0 Å². The number of ether oxygens (including phenoxy) is 1. The summed E-state index contributed by atoms with van der Waals surface area (Å²) in [7, 11) is 1.62. The van der Waals surface area contributed by atoms with Gasteiger partial charge in [0.2, 0.25) is 0 Å². The number of hydrogen-bond donors (Lipinski definition) is 2. The van der Waals surface area contributed by atoms with Gasteiger partial charge in [-0.2, -0.15) is 0 Å². The van der Waals surface area contributed by atoms with E-state index in [9.17, 15) is 0 Å². The normalized spacial score (nSPS) is 10.8. The van der Waals surface area contributed by atoms with Crippen molar-refractivity contribution in [3.8, 4) is 5.75 Å². The van der Waals surface area contributed by atoms with Crippen LogP contribution in [-0.4, -0.2) is 7.11 Å². The highest BCUT2D eigenvalue weighted by atomic mass is 32.1. The van der Waals surface area contributed by atoms with Gasteiger partial charge in [0.1, 0.15) is 5.75 Å². The predicted octanol–water partition coefficient (Wildman–Crippen LogP) is 3.31. The van der Waals surface area contributed by atoms with Gasteiger partial charge >= 0.3 is 0 Å². The smallest absolute Gasteiger partial charge is 0.133 e. The Morgan fingerprint density at radius 1 is 1.23 bits per heavy atom. The van der Waals surface area contributed by atoms with E-state index in [4.69, 9.17) is 4.74 Å². The number of hydrogen-bond acceptors (Lipinski definition) is 3. The van der Waals surface area contributed by atoms with Gasteiger partial charge in [-0.25, -0.2) is 0 Å². The summed E-state index contributed by atoms with van der Waals surface area (Å²) in [6.07, 6.45) is 3.95. The summed E-state index contributed by atoms with van der Waals surface area (Å²) in [6, 6.07) is 3.85. The molecule has 0 aliphatic rings. The fourth-order valence-electron chi connectivity index (χ4n) is 1.06. The van der Waals surface area contributed by atoms with Crippen LogP contribution in [0.1, 0.15) is 12.5 Å². The van der Waals surface area contributed by atoms with Crippen LogP contribution in [0.5, 0.6) is 5.75 Å². The molecule has 0 amide bonds. The minimum Gasteiger partial charge on any atom is -0.496 e. The summed E-state index contributed by atoms with van der Waals surface area (Å²) in [5, 5.41) is 0. The second-order valence-corrected chi connectivity index (χ2v) is 3.45. The van der Waals surface area contributed by atoms with Crippen molar-refractivity contribution in [3.05, 3.63) is 23.8 Å². The second-order valence-electron chi connectivity index (χ2n) is 2.55. The Kier molecular flexibility index (Phi) is 3.75. The Bertz CT molecular complexity index is 332. The Labute approximate surface area is 89.6 Å². The van der Waals surface area contributed by atoms with Crippen molar-refractivity contribution in [3.63, 3.8) is 0 Å². The number of allylic oxidation sites excluding steroid dienone is 1. The van der Waals surface area contributed by atoms with E-state index in [0.29, 0.717) is 0 Å². The van der Waals surface area contributed by atoms with Crippen molar-refractivity contribution in [2.75, 3.05) is 7.11 Å². The molecule has 1 aromatic carbocycles. The van der Waals surface area contributed by atoms with E-state index in [1.165, 1.54) is 0 Å². The lowest BCUT2D eigenvalue weighted by Crippen LogP contribution is -1.87. The molecule has 0 spiro atoms. The Morgan fingerprint density at radius 3 is 2.46 bits per heavy atom. The second kappa shape index (κ2) is 4.63. The van der Waals surface area contributed by atoms with Crippen LogP contribution in [-0.2, 0) is 0 Å². The molecule has 0 radical (unpaired) electrons. The molecular formula is C10H12OS2. The highest BCUT2D eigenvalue weighted by Gasteiger charge is 2.05. The van der Waals surface area contributed by atoms with Crippen LogP contribution in [0.25, 0.3) is 6.08 Å². The van der Waals surface area contributed by atoms with Crippen molar-refractivity contribution < 1.29 is 4.74 Å². The standard InChI is InChI=1S/C10H12OS2/c1-3-4-7-5-6-8(11-2)10(13)9(7)12/h3-6,12-13H,1-2H3. The van der Waals surface area contributed by atoms with Gasteiger partial charge in [-0.05, 0) is 18.6 Å². The number of benzene rings is 1. The van der Waals surface area contributed by atoms with Crippen molar-refractivity contribution in [2.24, 2.45) is 0 Å². The molecule has 0 bridgehead atoms. The van der Waals surface area contributed by atoms with E-state index in [-0.39, 0.29) is 0 Å². The van der Waals surface area contributed by atoms with Crippen LogP contribution in [0.3, 0.4) is 0 Å². The first-order chi connectivity index (χ1) is 6.20. The Balaban J connectivity index is 3.22. The van der Waals surface area contributed by atoms with E-state index in [2.05, 4.69) is 25.3 Å². The molecule has 0 fully saturated rings. The maximum absolute atomic E-state index is 5.11. The minimum absolute atomic E-state index is 0.751. The summed E-state index contributed by atoms with van der Waals surface area (Å²) in [4.78, 5) is 1.63. The largest absolute Gasteiger partial charge is 0.496 e. The first-order valence-electron chi connectivity index (χ1n) is 3.92. The van der Waals surface area contributed by atoms with Crippen LogP contribution >= 0.6 is 25.3 Å². The lowest BCUT2D eigenvalue weighted by Gasteiger charge is -2.08. The molecule has 1 rings (SSSR count). The highest BCUT2D eigenvalue weighted by Crippen LogP contribution is 2.32. The van der Waals surface area contributed by atoms with Crippen LogP contribution in [0.15, 0.2) is 28.0 Å². The van der Waals surface area contributed by atoms with E-state index in [1.54, 1.807) is 7.11 Å². The first-order valence-corrected chi connectivity index (χ1v) is 4.81. The molecule has 0 N–H and O–H groups in total. The molecule has 0 saturated heterocycles. The topological polar surface area (TPSA) is 9.23 Å². The van der Waals surface area contributed by atoms with Crippen LogP contribution in [0.2, 0.25) is 0 Å². The van der Waals surface area contributed by atoms with E-state index in [1.807, 2.05) is 31.2 Å². The fourth-order valence-corrected chi connectivity index (χ4v) is 1.61. The average molecular weight is 212 g/mol. The lowest BCUT2D eigenvalue weighted by atomic mass is 10.2. The number of rotatable bonds is 2. The first kappa shape index (κ1) is 10.5. The molecule has 3 heteroatoms. The lowest BCUT2D eigenvalue weighted by molar-refractivity contribution is 0.402. The quantitative estimate of drug-likeness (QED) is 0.715. The van der Waals surface area contributed by atoms with Crippen molar-refractivity contribution in [1.82, 2.24) is 0 Å². The van der Waals surface area contributed by atoms with Gasteiger partial charge < -0.3 is 4.74 Å². The molecule has 70 valence electrons. The van der Waals surface area contributed by atoms with Crippen LogP contribution in [0, 0.1) is 0 Å². The van der Waals surface area contributed by atoms with Gasteiger partial charge in [0.15, 0.2) is 0 Å². The van der Waals surface area contributed by atoms with Crippen molar-refractivity contribution in [1.29, 1.82) is 0 Å². The third-order valence-corrected chi connectivity index (χ3v) is 2.81. The van der Waals surface area contributed by atoms with Gasteiger partial charge in [-0.15, -0.1) is 25.3 Å². The van der Waals surface area contributed by atoms with Crippen LogP contribution in [0.4, 0.5) is 0 Å². The maximum atomic E-state index is 5.11. The highest BCUT2D eigenvalue weighted by molar-refractivity contribution is 7.83. The van der Waals surface area contributed by atoms with E-state index in [0.717, 1.165) is 21.1 Å². The van der Waals surface area contributed by atoms with Gasteiger partial charge in [-0.3, -0.25) is 0 Å². The fraction of sp³-hybridized carbons (Fsp3) is 0.200. The number of thiol groups is 2. The monoisotopic (exact) mass is 212 g/mol. The molecule has 0 aromatic heterocycles. The SMILES string of the molecule is CC=Cc1ccc(OC)c(S)c1S.